The third-order valence-electron chi connectivity index (χ3n) is 5.94. The monoisotopic (exact) mass is 361 g/mol. The molecule has 0 unspecified atom stereocenters. The maximum absolute atomic E-state index is 12.7. The molecule has 5 heteroatoms. The zero-order valence-electron chi connectivity index (χ0n) is 15.2. The Morgan fingerprint density at radius 3 is 2.52 bits per heavy atom. The predicted molar refractivity (Wildman–Crippen MR) is 105 cm³/mol. The number of hydrogen-bond acceptors (Lipinski definition) is 4. The highest BCUT2D eigenvalue weighted by atomic mass is 16.3. The van der Waals surface area contributed by atoms with Gasteiger partial charge in [0.1, 0.15) is 16.9 Å². The summed E-state index contributed by atoms with van der Waals surface area (Å²) in [7, 11) is 0. The number of carbonyl (C=O) groups is 1. The quantitative estimate of drug-likeness (QED) is 0.777. The van der Waals surface area contributed by atoms with Gasteiger partial charge in [-0.1, -0.05) is 36.4 Å². The van der Waals surface area contributed by atoms with Crippen LogP contribution in [-0.2, 0) is 11.3 Å². The van der Waals surface area contributed by atoms with Crippen molar-refractivity contribution in [3.8, 4) is 0 Å². The van der Waals surface area contributed by atoms with Gasteiger partial charge in [0, 0.05) is 24.2 Å². The number of rotatable bonds is 3. The summed E-state index contributed by atoms with van der Waals surface area (Å²) in [6.45, 7) is 3.14. The molecule has 27 heavy (non-hydrogen) atoms. The molecule has 0 atom stereocenters. The van der Waals surface area contributed by atoms with Gasteiger partial charge in [-0.05, 0) is 37.1 Å². The van der Waals surface area contributed by atoms with Gasteiger partial charge in [-0.2, -0.15) is 0 Å². The van der Waals surface area contributed by atoms with E-state index in [9.17, 15) is 4.79 Å². The van der Waals surface area contributed by atoms with E-state index in [0.29, 0.717) is 6.67 Å². The standard InChI is InChI=1S/C22H23N3O2/c26-21-22(25(16-23-21)18-7-2-1-3-8-18)10-12-24(13-11-22)15-19-14-17-6-4-5-9-20(17)27-19/h1-9,14H,10-13,15-16H2,(H,23,26). The number of anilines is 1. The molecule has 3 heterocycles. The first kappa shape index (κ1) is 16.4. The average molecular weight is 361 g/mol. The molecule has 2 fully saturated rings. The number of carbonyl (C=O) groups excluding carboxylic acids is 1. The second-order valence-electron chi connectivity index (χ2n) is 7.49. The molecule has 5 rings (SSSR count). The van der Waals surface area contributed by atoms with Crippen LogP contribution in [0.1, 0.15) is 18.6 Å². The Morgan fingerprint density at radius 1 is 1.00 bits per heavy atom. The fourth-order valence-corrected chi connectivity index (χ4v) is 4.45. The Hall–Kier alpha value is -2.79. The fraction of sp³-hybridized carbons (Fsp3) is 0.318. The maximum Gasteiger partial charge on any atom is 0.247 e. The summed E-state index contributed by atoms with van der Waals surface area (Å²) in [4.78, 5) is 17.4. The average Bonchev–Trinajstić information content (AvgIpc) is 3.25. The van der Waals surface area contributed by atoms with Gasteiger partial charge in [-0.25, -0.2) is 0 Å². The van der Waals surface area contributed by atoms with E-state index in [1.165, 1.54) is 0 Å². The maximum atomic E-state index is 12.7. The number of para-hydroxylation sites is 2. The van der Waals surface area contributed by atoms with E-state index in [1.54, 1.807) is 0 Å². The Bertz CT molecular complexity index is 925. The van der Waals surface area contributed by atoms with Gasteiger partial charge >= 0.3 is 0 Å². The minimum absolute atomic E-state index is 0.162. The molecule has 2 aliphatic heterocycles. The van der Waals surface area contributed by atoms with E-state index >= 15 is 0 Å². The number of furan rings is 1. The summed E-state index contributed by atoms with van der Waals surface area (Å²) in [5.41, 5.74) is 1.62. The molecule has 1 aromatic heterocycles. The van der Waals surface area contributed by atoms with E-state index in [0.717, 1.165) is 54.9 Å². The predicted octanol–water partition coefficient (Wildman–Crippen LogP) is 3.36. The molecular weight excluding hydrogens is 338 g/mol. The smallest absolute Gasteiger partial charge is 0.247 e. The topological polar surface area (TPSA) is 48.7 Å². The molecular formula is C22H23N3O2. The van der Waals surface area contributed by atoms with Crippen molar-refractivity contribution in [2.45, 2.75) is 24.9 Å². The second-order valence-corrected chi connectivity index (χ2v) is 7.49. The summed E-state index contributed by atoms with van der Waals surface area (Å²) in [5.74, 6) is 1.15. The highest BCUT2D eigenvalue weighted by molar-refractivity contribution is 5.93. The third kappa shape index (κ3) is 2.79. The SMILES string of the molecule is O=C1NCN(c2ccccc2)C12CCN(Cc1cc3ccccc3o1)CC2. The fourth-order valence-electron chi connectivity index (χ4n) is 4.45. The van der Waals surface area contributed by atoms with Crippen LogP contribution in [0.25, 0.3) is 11.0 Å². The van der Waals surface area contributed by atoms with Gasteiger partial charge in [0.15, 0.2) is 0 Å². The Balaban J connectivity index is 1.31. The molecule has 138 valence electrons. The van der Waals surface area contributed by atoms with Crippen LogP contribution in [0.3, 0.4) is 0 Å². The van der Waals surface area contributed by atoms with Crippen LogP contribution in [0.4, 0.5) is 5.69 Å². The molecule has 0 saturated carbocycles. The van der Waals surface area contributed by atoms with E-state index in [1.807, 2.05) is 36.4 Å². The molecule has 0 aliphatic carbocycles. The van der Waals surface area contributed by atoms with Crippen LogP contribution in [0, 0.1) is 0 Å². The molecule has 3 aromatic rings. The summed E-state index contributed by atoms with van der Waals surface area (Å²) in [6.07, 6.45) is 1.65. The van der Waals surface area contributed by atoms with Crippen molar-refractivity contribution in [2.75, 3.05) is 24.7 Å². The number of likely N-dealkylation sites (tertiary alicyclic amines) is 1. The summed E-state index contributed by atoms with van der Waals surface area (Å²) < 4.78 is 5.97. The molecule has 2 saturated heterocycles. The van der Waals surface area contributed by atoms with Crippen LogP contribution >= 0.6 is 0 Å². The van der Waals surface area contributed by atoms with Gasteiger partial charge in [0.2, 0.25) is 5.91 Å². The van der Waals surface area contributed by atoms with Crippen LogP contribution in [0.2, 0.25) is 0 Å². The van der Waals surface area contributed by atoms with E-state index < -0.39 is 5.54 Å². The molecule has 5 nitrogen and oxygen atoms in total. The number of nitrogens with one attached hydrogen (secondary N) is 1. The minimum Gasteiger partial charge on any atom is -0.460 e. The van der Waals surface area contributed by atoms with Crippen molar-refractivity contribution in [2.24, 2.45) is 0 Å². The number of benzene rings is 2. The van der Waals surface area contributed by atoms with Gasteiger partial charge in [-0.3, -0.25) is 9.69 Å². The minimum atomic E-state index is -0.425. The second kappa shape index (κ2) is 6.43. The largest absolute Gasteiger partial charge is 0.460 e. The lowest BCUT2D eigenvalue weighted by Gasteiger charge is -2.43. The molecule has 1 amide bonds. The number of amides is 1. The van der Waals surface area contributed by atoms with Crippen molar-refractivity contribution in [3.05, 3.63) is 66.4 Å². The Morgan fingerprint density at radius 2 is 1.74 bits per heavy atom. The van der Waals surface area contributed by atoms with E-state index in [-0.39, 0.29) is 5.91 Å². The first-order chi connectivity index (χ1) is 13.2. The lowest BCUT2D eigenvalue weighted by molar-refractivity contribution is -0.125. The molecule has 0 bridgehead atoms. The zero-order valence-corrected chi connectivity index (χ0v) is 15.2. The molecule has 1 spiro atoms. The number of piperidine rings is 1. The molecule has 2 aromatic carbocycles. The third-order valence-corrected chi connectivity index (χ3v) is 5.94. The molecule has 1 N–H and O–H groups in total. The number of hydrogen-bond donors (Lipinski definition) is 1. The van der Waals surface area contributed by atoms with Crippen molar-refractivity contribution in [3.63, 3.8) is 0 Å². The van der Waals surface area contributed by atoms with Crippen molar-refractivity contribution in [1.82, 2.24) is 10.2 Å². The first-order valence-corrected chi connectivity index (χ1v) is 9.55. The van der Waals surface area contributed by atoms with E-state index in [4.69, 9.17) is 4.42 Å². The lowest BCUT2D eigenvalue weighted by Crippen LogP contribution is -2.56. The van der Waals surface area contributed by atoms with Crippen LogP contribution in [0.5, 0.6) is 0 Å². The van der Waals surface area contributed by atoms with Crippen LogP contribution < -0.4 is 10.2 Å². The van der Waals surface area contributed by atoms with Crippen molar-refractivity contribution >= 4 is 22.6 Å². The van der Waals surface area contributed by atoms with Crippen LogP contribution in [-0.4, -0.2) is 36.1 Å². The lowest BCUT2D eigenvalue weighted by atomic mass is 9.85. The highest BCUT2D eigenvalue weighted by Gasteiger charge is 2.50. The van der Waals surface area contributed by atoms with Crippen molar-refractivity contribution < 1.29 is 9.21 Å². The summed E-state index contributed by atoms with van der Waals surface area (Å²) in [5, 5.41) is 4.21. The zero-order chi connectivity index (χ0) is 18.3. The first-order valence-electron chi connectivity index (χ1n) is 9.55. The van der Waals surface area contributed by atoms with Crippen molar-refractivity contribution in [1.29, 1.82) is 0 Å². The van der Waals surface area contributed by atoms with Gasteiger partial charge in [-0.15, -0.1) is 0 Å². The van der Waals surface area contributed by atoms with Gasteiger partial charge in [0.25, 0.3) is 0 Å². The van der Waals surface area contributed by atoms with E-state index in [2.05, 4.69) is 39.4 Å². The highest BCUT2D eigenvalue weighted by Crippen LogP contribution is 2.36. The molecule has 0 radical (unpaired) electrons. The normalized spacial score (nSPS) is 19.7. The summed E-state index contributed by atoms with van der Waals surface area (Å²) in [6, 6.07) is 20.5. The Labute approximate surface area is 158 Å². The van der Waals surface area contributed by atoms with Gasteiger partial charge < -0.3 is 14.6 Å². The Kier molecular flexibility index (Phi) is 3.90. The van der Waals surface area contributed by atoms with Gasteiger partial charge in [0.05, 0.1) is 13.2 Å². The van der Waals surface area contributed by atoms with Crippen LogP contribution in [0.15, 0.2) is 65.1 Å². The summed E-state index contributed by atoms with van der Waals surface area (Å²) >= 11 is 0. The number of nitrogens with zero attached hydrogens (tertiary/aromatic N) is 2. The number of fused-ring (bicyclic) bond motifs is 1. The molecule has 2 aliphatic rings.